The van der Waals surface area contributed by atoms with E-state index in [1.54, 1.807) is 0 Å². The van der Waals surface area contributed by atoms with E-state index in [1.165, 1.54) is 19.6 Å². The zero-order valence-corrected chi connectivity index (χ0v) is 9.33. The highest BCUT2D eigenvalue weighted by Crippen LogP contribution is 2.18. The highest BCUT2D eigenvalue weighted by molar-refractivity contribution is 4.82. The van der Waals surface area contributed by atoms with Crippen molar-refractivity contribution in [3.05, 3.63) is 0 Å². The molecule has 2 saturated heterocycles. The van der Waals surface area contributed by atoms with Crippen LogP contribution in [0.5, 0.6) is 0 Å². The highest BCUT2D eigenvalue weighted by Gasteiger charge is 2.26. The van der Waals surface area contributed by atoms with Crippen molar-refractivity contribution in [1.29, 1.82) is 0 Å². The van der Waals surface area contributed by atoms with Gasteiger partial charge in [-0.05, 0) is 31.8 Å². The first-order valence-corrected chi connectivity index (χ1v) is 5.80. The summed E-state index contributed by atoms with van der Waals surface area (Å²) in [5, 5.41) is 3.46. The number of rotatable bonds is 2. The molecular weight excluding hydrogens is 176 g/mol. The van der Waals surface area contributed by atoms with Gasteiger partial charge in [-0.25, -0.2) is 0 Å². The van der Waals surface area contributed by atoms with Crippen molar-refractivity contribution in [2.75, 3.05) is 39.3 Å². The van der Waals surface area contributed by atoms with Crippen LogP contribution in [-0.2, 0) is 4.74 Å². The van der Waals surface area contributed by atoms with Gasteiger partial charge in [0, 0.05) is 19.6 Å². The Morgan fingerprint density at radius 2 is 2.21 bits per heavy atom. The van der Waals surface area contributed by atoms with Crippen molar-refractivity contribution in [2.45, 2.75) is 20.0 Å². The average Bonchev–Trinajstić information content (AvgIpc) is 2.52. The molecule has 0 amide bonds. The van der Waals surface area contributed by atoms with Gasteiger partial charge in [0.1, 0.15) is 0 Å². The minimum absolute atomic E-state index is 0.424. The summed E-state index contributed by atoms with van der Waals surface area (Å²) in [6, 6.07) is 0. The molecule has 2 rings (SSSR count). The zero-order chi connectivity index (χ0) is 9.97. The lowest BCUT2D eigenvalue weighted by Gasteiger charge is -2.33. The third kappa shape index (κ3) is 2.47. The van der Waals surface area contributed by atoms with Gasteiger partial charge < -0.3 is 10.1 Å². The summed E-state index contributed by atoms with van der Waals surface area (Å²) in [4.78, 5) is 2.56. The van der Waals surface area contributed by atoms with Gasteiger partial charge in [-0.15, -0.1) is 0 Å². The molecule has 0 bridgehead atoms. The summed E-state index contributed by atoms with van der Waals surface area (Å²) >= 11 is 0. The van der Waals surface area contributed by atoms with Crippen LogP contribution in [0.3, 0.4) is 0 Å². The van der Waals surface area contributed by atoms with Crippen molar-refractivity contribution in [2.24, 2.45) is 11.8 Å². The molecule has 2 fully saturated rings. The Hall–Kier alpha value is -0.120. The van der Waals surface area contributed by atoms with Crippen LogP contribution in [0.4, 0.5) is 0 Å². The molecular formula is C11H22N2O. The molecule has 0 aliphatic carbocycles. The lowest BCUT2D eigenvalue weighted by molar-refractivity contribution is -0.0237. The second-order valence-electron chi connectivity index (χ2n) is 4.84. The third-order valence-corrected chi connectivity index (χ3v) is 3.50. The average molecular weight is 198 g/mol. The first-order valence-electron chi connectivity index (χ1n) is 5.80. The van der Waals surface area contributed by atoms with Crippen molar-refractivity contribution < 1.29 is 4.74 Å². The number of hydrogen-bond donors (Lipinski definition) is 1. The lowest BCUT2D eigenvalue weighted by Crippen LogP contribution is -2.44. The highest BCUT2D eigenvalue weighted by atomic mass is 16.5. The molecule has 0 spiro atoms. The molecule has 0 saturated carbocycles. The zero-order valence-electron chi connectivity index (χ0n) is 9.33. The van der Waals surface area contributed by atoms with Gasteiger partial charge in [0.05, 0.1) is 12.7 Å². The normalized spacial score (nSPS) is 40.3. The Kier molecular flexibility index (Phi) is 3.42. The van der Waals surface area contributed by atoms with Crippen molar-refractivity contribution >= 4 is 0 Å². The topological polar surface area (TPSA) is 24.5 Å². The fourth-order valence-electron chi connectivity index (χ4n) is 2.50. The second-order valence-corrected chi connectivity index (χ2v) is 4.84. The summed E-state index contributed by atoms with van der Waals surface area (Å²) in [6.07, 6.45) is 0.424. The summed E-state index contributed by atoms with van der Waals surface area (Å²) < 4.78 is 5.54. The molecule has 0 aromatic heterocycles. The van der Waals surface area contributed by atoms with Gasteiger partial charge in [0.25, 0.3) is 0 Å². The fourth-order valence-corrected chi connectivity index (χ4v) is 2.50. The van der Waals surface area contributed by atoms with Crippen molar-refractivity contribution in [3.63, 3.8) is 0 Å². The van der Waals surface area contributed by atoms with Gasteiger partial charge in [-0.1, -0.05) is 6.92 Å². The molecule has 2 aliphatic rings. The monoisotopic (exact) mass is 198 g/mol. The van der Waals surface area contributed by atoms with Gasteiger partial charge in [0.2, 0.25) is 0 Å². The van der Waals surface area contributed by atoms with Crippen LogP contribution in [0.2, 0.25) is 0 Å². The van der Waals surface area contributed by atoms with E-state index in [9.17, 15) is 0 Å². The first kappa shape index (κ1) is 10.4. The summed E-state index contributed by atoms with van der Waals surface area (Å²) in [7, 11) is 0. The number of hydrogen-bond acceptors (Lipinski definition) is 3. The van der Waals surface area contributed by atoms with Crippen LogP contribution < -0.4 is 5.32 Å². The smallest absolute Gasteiger partial charge is 0.0674 e. The van der Waals surface area contributed by atoms with Gasteiger partial charge in [0.15, 0.2) is 0 Å². The standard InChI is InChI=1S/C11H22N2O/c1-9-5-12-6-11(9)8-13-3-4-14-10(2)7-13/h9-12H,3-8H2,1-2H3. The van der Waals surface area contributed by atoms with Crippen molar-refractivity contribution in [3.8, 4) is 0 Å². The van der Waals surface area contributed by atoms with E-state index in [1.807, 2.05) is 0 Å². The Morgan fingerprint density at radius 1 is 1.36 bits per heavy atom. The molecule has 3 heteroatoms. The van der Waals surface area contributed by atoms with E-state index in [4.69, 9.17) is 4.74 Å². The molecule has 3 unspecified atom stereocenters. The molecule has 3 nitrogen and oxygen atoms in total. The third-order valence-electron chi connectivity index (χ3n) is 3.50. The minimum Gasteiger partial charge on any atom is -0.376 e. The minimum atomic E-state index is 0.424. The number of nitrogens with zero attached hydrogens (tertiary/aromatic N) is 1. The largest absolute Gasteiger partial charge is 0.376 e. The van der Waals surface area contributed by atoms with E-state index in [0.29, 0.717) is 6.10 Å². The molecule has 0 aromatic carbocycles. The summed E-state index contributed by atoms with van der Waals surface area (Å²) in [6.45, 7) is 11.3. The van der Waals surface area contributed by atoms with Crippen LogP contribution in [-0.4, -0.2) is 50.3 Å². The molecule has 2 aliphatic heterocycles. The molecule has 2 heterocycles. The number of ether oxygens (including phenoxy) is 1. The van der Waals surface area contributed by atoms with E-state index in [0.717, 1.165) is 31.5 Å². The maximum atomic E-state index is 5.54. The van der Waals surface area contributed by atoms with Gasteiger partial charge in [-0.3, -0.25) is 4.90 Å². The maximum Gasteiger partial charge on any atom is 0.0674 e. The lowest BCUT2D eigenvalue weighted by atomic mass is 9.97. The number of morpholine rings is 1. The van der Waals surface area contributed by atoms with Crippen LogP contribution in [0.1, 0.15) is 13.8 Å². The SMILES string of the molecule is CC1CN(CC2CNCC2C)CCO1. The van der Waals surface area contributed by atoms with Gasteiger partial charge >= 0.3 is 0 Å². The van der Waals surface area contributed by atoms with E-state index in [-0.39, 0.29) is 0 Å². The quantitative estimate of drug-likeness (QED) is 0.702. The Labute approximate surface area is 86.8 Å². The molecule has 82 valence electrons. The first-order chi connectivity index (χ1) is 6.75. The summed E-state index contributed by atoms with van der Waals surface area (Å²) in [5.41, 5.74) is 0. The van der Waals surface area contributed by atoms with Crippen LogP contribution in [0, 0.1) is 11.8 Å². The molecule has 0 radical (unpaired) electrons. The van der Waals surface area contributed by atoms with Crippen LogP contribution in [0.25, 0.3) is 0 Å². The van der Waals surface area contributed by atoms with Crippen molar-refractivity contribution in [1.82, 2.24) is 10.2 Å². The second kappa shape index (κ2) is 4.60. The van der Waals surface area contributed by atoms with E-state index < -0.39 is 0 Å². The van der Waals surface area contributed by atoms with E-state index in [2.05, 4.69) is 24.1 Å². The Balaban J connectivity index is 1.78. The predicted molar refractivity (Wildman–Crippen MR) is 57.4 cm³/mol. The Morgan fingerprint density at radius 3 is 2.86 bits per heavy atom. The Bertz CT molecular complexity index is 186. The molecule has 0 aromatic rings. The molecule has 14 heavy (non-hydrogen) atoms. The predicted octanol–water partition coefficient (Wildman–Crippen LogP) is 0.563. The fraction of sp³-hybridized carbons (Fsp3) is 1.00. The van der Waals surface area contributed by atoms with Gasteiger partial charge in [-0.2, -0.15) is 0 Å². The molecule has 3 atom stereocenters. The van der Waals surface area contributed by atoms with E-state index >= 15 is 0 Å². The van der Waals surface area contributed by atoms with Crippen LogP contribution >= 0.6 is 0 Å². The van der Waals surface area contributed by atoms with Crippen LogP contribution in [0.15, 0.2) is 0 Å². The maximum absolute atomic E-state index is 5.54. The number of nitrogens with one attached hydrogen (secondary N) is 1. The molecule has 1 N–H and O–H groups in total. The summed E-state index contributed by atoms with van der Waals surface area (Å²) in [5.74, 6) is 1.69.